The summed E-state index contributed by atoms with van der Waals surface area (Å²) in [6, 6.07) is 0. The molecule has 0 aromatic carbocycles. The first-order valence-electron chi connectivity index (χ1n) is 13.3. The Balaban J connectivity index is 3.87. The number of carbonyl (C=O) groups excluding carboxylic acids is 2. The fourth-order valence-corrected chi connectivity index (χ4v) is 3.86. The lowest BCUT2D eigenvalue weighted by Crippen LogP contribution is -2.49. The molecule has 0 saturated carbocycles. The van der Waals surface area contributed by atoms with E-state index in [0.717, 1.165) is 19.3 Å². The normalized spacial score (nSPS) is 15.0. The molecule has 0 fully saturated rings. The molecule has 0 spiro atoms. The molecule has 0 rings (SSSR count). The highest BCUT2D eigenvalue weighted by Crippen LogP contribution is 2.15. The summed E-state index contributed by atoms with van der Waals surface area (Å²) in [6.45, 7) is 0.931. The van der Waals surface area contributed by atoms with E-state index >= 15 is 0 Å². The van der Waals surface area contributed by atoms with Crippen molar-refractivity contribution in [3.63, 3.8) is 0 Å². The minimum atomic E-state index is -1.71. The van der Waals surface area contributed by atoms with Gasteiger partial charge in [0.25, 0.3) is 0 Å². The second-order valence-electron chi connectivity index (χ2n) is 9.16. The molecule has 0 aliphatic carbocycles. The number of esters is 1. The van der Waals surface area contributed by atoms with Gasteiger partial charge >= 0.3 is 5.97 Å². The first-order chi connectivity index (χ1) is 16.5. The van der Waals surface area contributed by atoms with Gasteiger partial charge in [-0.2, -0.15) is 0 Å². The van der Waals surface area contributed by atoms with Gasteiger partial charge in [0.2, 0.25) is 0 Å². The van der Waals surface area contributed by atoms with Crippen molar-refractivity contribution in [3.8, 4) is 0 Å². The monoisotopic (exact) mass is 490 g/mol. The molecule has 202 valence electrons. The molecule has 0 radical (unpaired) electrons. The highest BCUT2D eigenvalue weighted by atomic mass is 16.6. The molecule has 0 unspecified atom stereocenters. The van der Waals surface area contributed by atoms with Gasteiger partial charge in [-0.1, -0.05) is 96.8 Å². The van der Waals surface area contributed by atoms with Crippen LogP contribution in [0.3, 0.4) is 0 Å². The predicted octanol–water partition coefficient (Wildman–Crippen LogP) is 3.45. The molecule has 0 aliphatic rings. The van der Waals surface area contributed by atoms with E-state index in [9.17, 15) is 24.9 Å². The fourth-order valence-electron chi connectivity index (χ4n) is 3.86. The third-order valence-corrected chi connectivity index (χ3v) is 6.05. The van der Waals surface area contributed by atoms with Crippen molar-refractivity contribution < 1.29 is 39.5 Å². The van der Waals surface area contributed by atoms with Crippen LogP contribution in [0.5, 0.6) is 0 Å². The summed E-state index contributed by atoms with van der Waals surface area (Å²) < 4.78 is 10.2. The zero-order chi connectivity index (χ0) is 25.4. The van der Waals surface area contributed by atoms with Gasteiger partial charge in [0, 0.05) is 6.42 Å². The molecule has 0 amide bonds. The van der Waals surface area contributed by atoms with Gasteiger partial charge in [-0.15, -0.1) is 0 Å². The summed E-state index contributed by atoms with van der Waals surface area (Å²) in [4.78, 5) is 22.6. The Hall–Kier alpha value is -1.06. The molecule has 0 heterocycles. The first-order valence-corrected chi connectivity index (χ1v) is 13.3. The van der Waals surface area contributed by atoms with Crippen molar-refractivity contribution in [1.29, 1.82) is 0 Å². The highest BCUT2D eigenvalue weighted by Gasteiger charge is 2.33. The lowest BCUT2D eigenvalue weighted by atomic mass is 10.0. The van der Waals surface area contributed by atoms with Gasteiger partial charge in [-0.25, -0.2) is 0 Å². The van der Waals surface area contributed by atoms with Gasteiger partial charge < -0.3 is 34.7 Å². The van der Waals surface area contributed by atoms with Crippen molar-refractivity contribution >= 4 is 12.3 Å². The van der Waals surface area contributed by atoms with Crippen LogP contribution in [0.4, 0.5) is 0 Å². The van der Waals surface area contributed by atoms with E-state index in [-0.39, 0.29) is 19.6 Å². The second kappa shape index (κ2) is 23.7. The molecule has 4 atom stereocenters. The standard InChI is InChI=1S/C26H50O8/c1-2-3-4-5-6-7-8-9-10-11-12-13-14-15-16-17-24(30)34-23(21-33-19-18-27)26(32)25(31)22(29)20-28/h18,22-23,25-26,28-29,31-32H,2-17,19-21H2,1H3/t22-,23+,25-,26-/m1/s1. The number of hydrogen-bond acceptors (Lipinski definition) is 8. The molecule has 8 nitrogen and oxygen atoms in total. The number of unbranched alkanes of at least 4 members (excludes halogenated alkanes) is 14. The molecule has 34 heavy (non-hydrogen) atoms. The summed E-state index contributed by atoms with van der Waals surface area (Å²) in [5.41, 5.74) is 0. The van der Waals surface area contributed by atoms with E-state index in [1.54, 1.807) is 0 Å². The molecule has 4 N–H and O–H groups in total. The number of aliphatic hydroxyl groups excluding tert-OH is 4. The summed E-state index contributed by atoms with van der Waals surface area (Å²) in [5, 5.41) is 38.5. The molecule has 8 heteroatoms. The van der Waals surface area contributed by atoms with Crippen molar-refractivity contribution in [3.05, 3.63) is 0 Å². The van der Waals surface area contributed by atoms with Gasteiger partial charge in [-0.3, -0.25) is 4.79 Å². The zero-order valence-electron chi connectivity index (χ0n) is 21.2. The predicted molar refractivity (Wildman–Crippen MR) is 131 cm³/mol. The number of aliphatic hydroxyl groups is 4. The van der Waals surface area contributed by atoms with Crippen LogP contribution in [0, 0.1) is 0 Å². The zero-order valence-corrected chi connectivity index (χ0v) is 21.2. The Labute approximate surface area is 206 Å². The van der Waals surface area contributed by atoms with Crippen molar-refractivity contribution in [2.45, 2.75) is 134 Å². The first kappa shape index (κ1) is 32.9. The highest BCUT2D eigenvalue weighted by molar-refractivity contribution is 5.69. The SMILES string of the molecule is CCCCCCCCCCCCCCCCCC(=O)O[C@@H](COCC=O)[C@@H](O)[C@H](O)[C@H](O)CO. The summed E-state index contributed by atoms with van der Waals surface area (Å²) >= 11 is 0. The second-order valence-corrected chi connectivity index (χ2v) is 9.16. The molecule has 0 aromatic heterocycles. The van der Waals surface area contributed by atoms with Crippen molar-refractivity contribution in [1.82, 2.24) is 0 Å². The van der Waals surface area contributed by atoms with Gasteiger partial charge in [0.15, 0.2) is 6.10 Å². The smallest absolute Gasteiger partial charge is 0.306 e. The van der Waals surface area contributed by atoms with Crippen LogP contribution in [-0.4, -0.2) is 76.9 Å². The third-order valence-electron chi connectivity index (χ3n) is 6.05. The third kappa shape index (κ3) is 18.3. The van der Waals surface area contributed by atoms with Gasteiger partial charge in [0.1, 0.15) is 31.2 Å². The van der Waals surface area contributed by atoms with Gasteiger partial charge in [-0.05, 0) is 6.42 Å². The summed E-state index contributed by atoms with van der Waals surface area (Å²) in [6.07, 6.45) is 12.9. The topological polar surface area (TPSA) is 134 Å². The van der Waals surface area contributed by atoms with Gasteiger partial charge in [0.05, 0.1) is 13.2 Å². The van der Waals surface area contributed by atoms with Crippen molar-refractivity contribution in [2.24, 2.45) is 0 Å². The number of aldehydes is 1. The molecule has 0 bridgehead atoms. The van der Waals surface area contributed by atoms with E-state index in [1.807, 2.05) is 0 Å². The lowest BCUT2D eigenvalue weighted by Gasteiger charge is -2.28. The Morgan fingerprint density at radius 1 is 0.765 bits per heavy atom. The van der Waals surface area contributed by atoms with E-state index in [0.29, 0.717) is 12.7 Å². The molecular weight excluding hydrogens is 440 g/mol. The Kier molecular flexibility index (Phi) is 22.9. The Morgan fingerprint density at radius 3 is 1.68 bits per heavy atom. The lowest BCUT2D eigenvalue weighted by molar-refractivity contribution is -0.173. The van der Waals surface area contributed by atoms with E-state index in [1.165, 1.54) is 70.6 Å². The maximum Gasteiger partial charge on any atom is 0.306 e. The van der Waals surface area contributed by atoms with E-state index in [2.05, 4.69) is 6.92 Å². The van der Waals surface area contributed by atoms with Crippen LogP contribution in [0.2, 0.25) is 0 Å². The van der Waals surface area contributed by atoms with Crippen LogP contribution in [0.15, 0.2) is 0 Å². The quantitative estimate of drug-likeness (QED) is 0.0869. The van der Waals surface area contributed by atoms with Crippen molar-refractivity contribution in [2.75, 3.05) is 19.8 Å². The maximum absolute atomic E-state index is 12.1. The van der Waals surface area contributed by atoms with E-state index < -0.39 is 37.0 Å². The maximum atomic E-state index is 12.1. The molecule has 0 aromatic rings. The number of carbonyl (C=O) groups is 2. The average Bonchev–Trinajstić information content (AvgIpc) is 2.84. The van der Waals surface area contributed by atoms with Crippen LogP contribution in [-0.2, 0) is 19.1 Å². The van der Waals surface area contributed by atoms with E-state index in [4.69, 9.17) is 14.6 Å². The number of rotatable bonds is 25. The number of hydrogen-bond donors (Lipinski definition) is 4. The minimum Gasteiger partial charge on any atom is -0.457 e. The Morgan fingerprint density at radius 2 is 1.24 bits per heavy atom. The van der Waals surface area contributed by atoms with Crippen LogP contribution >= 0.6 is 0 Å². The summed E-state index contributed by atoms with van der Waals surface area (Å²) in [5.74, 6) is -0.542. The minimum absolute atomic E-state index is 0.174. The average molecular weight is 491 g/mol. The fraction of sp³-hybridized carbons (Fsp3) is 0.923. The van der Waals surface area contributed by atoms with Crippen LogP contribution in [0.25, 0.3) is 0 Å². The number of ether oxygens (including phenoxy) is 2. The largest absolute Gasteiger partial charge is 0.457 e. The summed E-state index contributed by atoms with van der Waals surface area (Å²) in [7, 11) is 0. The molecule has 0 aliphatic heterocycles. The van der Waals surface area contributed by atoms with Crippen LogP contribution in [0.1, 0.15) is 110 Å². The Bertz CT molecular complexity index is 474. The van der Waals surface area contributed by atoms with Crippen LogP contribution < -0.4 is 0 Å². The molecule has 0 saturated heterocycles. The molecular formula is C26H50O8.